The third-order valence-corrected chi connectivity index (χ3v) is 3.11. The van der Waals surface area contributed by atoms with Gasteiger partial charge in [-0.3, -0.25) is 0 Å². The maximum absolute atomic E-state index is 6.26. The Labute approximate surface area is 113 Å². The van der Waals surface area contributed by atoms with E-state index in [0.29, 0.717) is 0 Å². The Bertz CT molecular complexity index is 548. The molecule has 0 radical (unpaired) electrons. The van der Waals surface area contributed by atoms with Crippen LogP contribution < -0.4 is 15.2 Å². The molecule has 2 aromatic rings. The molecule has 4 heteroatoms. The summed E-state index contributed by atoms with van der Waals surface area (Å²) >= 11 is 0. The van der Waals surface area contributed by atoms with E-state index in [1.807, 2.05) is 37.3 Å². The molecule has 0 aliphatic rings. The van der Waals surface area contributed by atoms with Gasteiger partial charge >= 0.3 is 0 Å². The molecule has 0 spiro atoms. The molecule has 0 aliphatic carbocycles. The van der Waals surface area contributed by atoms with E-state index < -0.39 is 0 Å². The minimum atomic E-state index is -0.370. The lowest BCUT2D eigenvalue weighted by molar-refractivity contribution is 0.391. The highest BCUT2D eigenvalue weighted by Gasteiger charge is 2.18. The Kier molecular flexibility index (Phi) is 4.12. The lowest BCUT2D eigenvalue weighted by Gasteiger charge is -2.15. The molecule has 1 aromatic heterocycles. The van der Waals surface area contributed by atoms with Crippen LogP contribution in [0.25, 0.3) is 0 Å². The van der Waals surface area contributed by atoms with E-state index in [-0.39, 0.29) is 6.04 Å². The van der Waals surface area contributed by atoms with Crippen LogP contribution in [0.2, 0.25) is 0 Å². The number of benzene rings is 1. The minimum Gasteiger partial charge on any atom is -0.497 e. The summed E-state index contributed by atoms with van der Waals surface area (Å²) in [7, 11) is 3.25. The molecule has 0 saturated heterocycles. The van der Waals surface area contributed by atoms with Gasteiger partial charge in [0.25, 0.3) is 0 Å². The predicted molar refractivity (Wildman–Crippen MR) is 73.7 cm³/mol. The Morgan fingerprint density at radius 2 is 1.95 bits per heavy atom. The van der Waals surface area contributed by atoms with E-state index in [2.05, 4.69) is 0 Å². The number of aryl methyl sites for hydroxylation is 1. The maximum Gasteiger partial charge on any atom is 0.125 e. The van der Waals surface area contributed by atoms with Gasteiger partial charge in [-0.15, -0.1) is 0 Å². The number of furan rings is 1. The van der Waals surface area contributed by atoms with E-state index in [9.17, 15) is 0 Å². The van der Waals surface area contributed by atoms with Crippen molar-refractivity contribution in [2.45, 2.75) is 19.4 Å². The van der Waals surface area contributed by atoms with Crippen molar-refractivity contribution in [3.05, 3.63) is 47.4 Å². The van der Waals surface area contributed by atoms with Crippen LogP contribution in [-0.2, 0) is 6.42 Å². The van der Waals surface area contributed by atoms with Crippen molar-refractivity contribution in [2.75, 3.05) is 14.2 Å². The molecular weight excluding hydrogens is 242 g/mol. The standard InChI is InChI=1S/C15H19NO3/c1-4-10-5-8-14(19-10)15(16)12-9-11(17-2)6-7-13(12)18-3/h5-9,15H,4,16H2,1-3H3. The predicted octanol–water partition coefficient (Wildman–Crippen LogP) is 2.91. The quantitative estimate of drug-likeness (QED) is 0.899. The average molecular weight is 261 g/mol. The first-order chi connectivity index (χ1) is 9.19. The van der Waals surface area contributed by atoms with Crippen molar-refractivity contribution in [1.82, 2.24) is 0 Å². The normalized spacial score (nSPS) is 12.2. The van der Waals surface area contributed by atoms with Crippen molar-refractivity contribution < 1.29 is 13.9 Å². The van der Waals surface area contributed by atoms with E-state index in [1.165, 1.54) is 0 Å². The zero-order valence-electron chi connectivity index (χ0n) is 11.5. The van der Waals surface area contributed by atoms with E-state index in [4.69, 9.17) is 19.6 Å². The second kappa shape index (κ2) is 5.80. The SMILES string of the molecule is CCc1ccc(C(N)c2cc(OC)ccc2OC)o1. The molecule has 2 N–H and O–H groups in total. The van der Waals surface area contributed by atoms with Crippen LogP contribution in [0.1, 0.15) is 30.0 Å². The first-order valence-corrected chi connectivity index (χ1v) is 6.25. The lowest BCUT2D eigenvalue weighted by Crippen LogP contribution is -2.12. The number of hydrogen-bond donors (Lipinski definition) is 1. The molecule has 0 saturated carbocycles. The van der Waals surface area contributed by atoms with Gasteiger partial charge in [0.2, 0.25) is 0 Å². The Morgan fingerprint density at radius 1 is 1.16 bits per heavy atom. The van der Waals surface area contributed by atoms with Crippen molar-refractivity contribution >= 4 is 0 Å². The summed E-state index contributed by atoms with van der Waals surface area (Å²) in [6.07, 6.45) is 0.849. The molecule has 1 atom stereocenters. The molecule has 4 nitrogen and oxygen atoms in total. The summed E-state index contributed by atoms with van der Waals surface area (Å²) < 4.78 is 16.3. The monoisotopic (exact) mass is 261 g/mol. The van der Waals surface area contributed by atoms with Gasteiger partial charge < -0.3 is 19.6 Å². The molecular formula is C15H19NO3. The van der Waals surface area contributed by atoms with Crippen LogP contribution >= 0.6 is 0 Å². The summed E-state index contributed by atoms with van der Waals surface area (Å²) in [6, 6.07) is 9.04. The zero-order chi connectivity index (χ0) is 13.8. The fourth-order valence-electron chi connectivity index (χ4n) is 1.99. The second-order valence-corrected chi connectivity index (χ2v) is 4.24. The average Bonchev–Trinajstić information content (AvgIpc) is 2.94. The van der Waals surface area contributed by atoms with Crippen molar-refractivity contribution in [3.63, 3.8) is 0 Å². The summed E-state index contributed by atoms with van der Waals surface area (Å²) in [6.45, 7) is 2.04. The summed E-state index contributed by atoms with van der Waals surface area (Å²) in [5.74, 6) is 3.12. The van der Waals surface area contributed by atoms with E-state index in [1.54, 1.807) is 14.2 Å². The van der Waals surface area contributed by atoms with E-state index in [0.717, 1.165) is 35.0 Å². The highest BCUT2D eigenvalue weighted by atomic mass is 16.5. The summed E-state index contributed by atoms with van der Waals surface area (Å²) in [5.41, 5.74) is 7.10. The van der Waals surface area contributed by atoms with Gasteiger partial charge in [0.15, 0.2) is 0 Å². The van der Waals surface area contributed by atoms with Gasteiger partial charge in [-0.25, -0.2) is 0 Å². The third-order valence-electron chi connectivity index (χ3n) is 3.11. The second-order valence-electron chi connectivity index (χ2n) is 4.24. The van der Waals surface area contributed by atoms with Crippen molar-refractivity contribution in [2.24, 2.45) is 5.73 Å². The molecule has 19 heavy (non-hydrogen) atoms. The van der Waals surface area contributed by atoms with Gasteiger partial charge in [-0.05, 0) is 30.3 Å². The van der Waals surface area contributed by atoms with E-state index >= 15 is 0 Å². The molecule has 0 aliphatic heterocycles. The molecule has 0 fully saturated rings. The molecule has 1 unspecified atom stereocenters. The van der Waals surface area contributed by atoms with Gasteiger partial charge in [0, 0.05) is 12.0 Å². The fraction of sp³-hybridized carbons (Fsp3) is 0.333. The molecule has 0 amide bonds. The van der Waals surface area contributed by atoms with Gasteiger partial charge in [-0.2, -0.15) is 0 Å². The first-order valence-electron chi connectivity index (χ1n) is 6.25. The minimum absolute atomic E-state index is 0.370. The number of ether oxygens (including phenoxy) is 2. The smallest absolute Gasteiger partial charge is 0.125 e. The van der Waals surface area contributed by atoms with Crippen LogP contribution in [0.5, 0.6) is 11.5 Å². The van der Waals surface area contributed by atoms with Gasteiger partial charge in [-0.1, -0.05) is 6.92 Å². The number of rotatable bonds is 5. The van der Waals surface area contributed by atoms with Gasteiger partial charge in [0.1, 0.15) is 23.0 Å². The Morgan fingerprint density at radius 3 is 2.53 bits per heavy atom. The summed E-state index contributed by atoms with van der Waals surface area (Å²) in [5, 5.41) is 0. The van der Waals surface area contributed by atoms with Crippen LogP contribution in [0.15, 0.2) is 34.7 Å². The largest absolute Gasteiger partial charge is 0.497 e. The van der Waals surface area contributed by atoms with Gasteiger partial charge in [0.05, 0.1) is 20.3 Å². The van der Waals surface area contributed by atoms with Crippen LogP contribution in [0.4, 0.5) is 0 Å². The fourth-order valence-corrected chi connectivity index (χ4v) is 1.99. The van der Waals surface area contributed by atoms with Crippen molar-refractivity contribution in [3.8, 4) is 11.5 Å². The highest BCUT2D eigenvalue weighted by molar-refractivity contribution is 5.44. The summed E-state index contributed by atoms with van der Waals surface area (Å²) in [4.78, 5) is 0. The number of hydrogen-bond acceptors (Lipinski definition) is 4. The maximum atomic E-state index is 6.26. The van der Waals surface area contributed by atoms with Crippen LogP contribution in [-0.4, -0.2) is 14.2 Å². The number of methoxy groups -OCH3 is 2. The van der Waals surface area contributed by atoms with Crippen molar-refractivity contribution in [1.29, 1.82) is 0 Å². The zero-order valence-corrected chi connectivity index (χ0v) is 11.5. The number of nitrogens with two attached hydrogens (primary N) is 1. The molecule has 0 bridgehead atoms. The Balaban J connectivity index is 2.38. The lowest BCUT2D eigenvalue weighted by atomic mass is 10.0. The molecule has 2 rings (SSSR count). The first kappa shape index (κ1) is 13.5. The molecule has 102 valence electrons. The topological polar surface area (TPSA) is 57.6 Å². The third kappa shape index (κ3) is 2.74. The van der Waals surface area contributed by atoms with Crippen LogP contribution in [0, 0.1) is 0 Å². The van der Waals surface area contributed by atoms with Crippen LogP contribution in [0.3, 0.4) is 0 Å². The molecule has 1 heterocycles. The molecule has 1 aromatic carbocycles. The Hall–Kier alpha value is -1.94. The highest BCUT2D eigenvalue weighted by Crippen LogP contribution is 2.32.